The lowest BCUT2D eigenvalue weighted by Gasteiger charge is -2.24. The van der Waals surface area contributed by atoms with E-state index >= 15 is 0 Å². The third kappa shape index (κ3) is 3.46. The van der Waals surface area contributed by atoms with Crippen molar-refractivity contribution in [2.45, 2.75) is 13.3 Å². The Morgan fingerprint density at radius 2 is 2.25 bits per heavy atom. The van der Waals surface area contributed by atoms with Crippen LogP contribution in [-0.2, 0) is 9.53 Å². The number of hydrogen-bond acceptors (Lipinski definition) is 4. The molecule has 4 nitrogen and oxygen atoms in total. The lowest BCUT2D eigenvalue weighted by atomic mass is 9.91. The van der Waals surface area contributed by atoms with Crippen LogP contribution in [0.15, 0.2) is 0 Å². The van der Waals surface area contributed by atoms with Crippen LogP contribution in [0, 0.1) is 11.8 Å². The zero-order chi connectivity index (χ0) is 12.1. The van der Waals surface area contributed by atoms with Gasteiger partial charge in [-0.3, -0.25) is 4.79 Å². The molecule has 1 aliphatic heterocycles. The van der Waals surface area contributed by atoms with Gasteiger partial charge in [-0.25, -0.2) is 0 Å². The molecule has 0 radical (unpaired) electrons. The van der Waals surface area contributed by atoms with Gasteiger partial charge in [0.15, 0.2) is 0 Å². The van der Waals surface area contributed by atoms with Crippen molar-refractivity contribution in [1.82, 2.24) is 9.80 Å². The molecule has 16 heavy (non-hydrogen) atoms. The monoisotopic (exact) mass is 228 g/mol. The van der Waals surface area contributed by atoms with Gasteiger partial charge in [0, 0.05) is 13.1 Å². The smallest absolute Gasteiger partial charge is 0.310 e. The van der Waals surface area contributed by atoms with Gasteiger partial charge < -0.3 is 14.5 Å². The second-order valence-corrected chi connectivity index (χ2v) is 4.83. The molecule has 0 aromatic heterocycles. The van der Waals surface area contributed by atoms with E-state index in [0.717, 1.165) is 32.6 Å². The number of carbonyl (C=O) groups excluding carboxylic acids is 1. The van der Waals surface area contributed by atoms with Crippen LogP contribution in [0.25, 0.3) is 0 Å². The second kappa shape index (κ2) is 6.21. The van der Waals surface area contributed by atoms with E-state index < -0.39 is 0 Å². The molecule has 1 fully saturated rings. The molecule has 0 amide bonds. The van der Waals surface area contributed by atoms with Crippen molar-refractivity contribution in [3.63, 3.8) is 0 Å². The maximum atomic E-state index is 11.8. The minimum absolute atomic E-state index is 0.0246. The SMILES string of the molecule is CCN1CCC(C(CN(C)C)C(=O)OC)C1. The summed E-state index contributed by atoms with van der Waals surface area (Å²) in [4.78, 5) is 16.2. The van der Waals surface area contributed by atoms with Crippen LogP contribution in [-0.4, -0.2) is 63.2 Å². The molecule has 0 aromatic carbocycles. The number of methoxy groups -OCH3 is 1. The molecule has 1 rings (SSSR count). The molecule has 1 heterocycles. The largest absolute Gasteiger partial charge is 0.469 e. The van der Waals surface area contributed by atoms with Gasteiger partial charge in [-0.15, -0.1) is 0 Å². The predicted octanol–water partition coefficient (Wildman–Crippen LogP) is 0.679. The summed E-state index contributed by atoms with van der Waals surface area (Å²) in [6, 6.07) is 0. The minimum atomic E-state index is -0.0587. The van der Waals surface area contributed by atoms with Gasteiger partial charge >= 0.3 is 5.97 Å². The van der Waals surface area contributed by atoms with E-state index in [0.29, 0.717) is 5.92 Å². The first-order valence-corrected chi connectivity index (χ1v) is 6.03. The van der Waals surface area contributed by atoms with E-state index in [9.17, 15) is 4.79 Å². The lowest BCUT2D eigenvalue weighted by Crippen LogP contribution is -2.35. The number of esters is 1. The Labute approximate surface area is 98.5 Å². The third-order valence-corrected chi connectivity index (χ3v) is 3.39. The van der Waals surface area contributed by atoms with E-state index in [4.69, 9.17) is 4.74 Å². The van der Waals surface area contributed by atoms with Crippen molar-refractivity contribution in [2.75, 3.05) is 47.4 Å². The molecule has 0 spiro atoms. The molecule has 94 valence electrons. The Hall–Kier alpha value is -0.610. The Kier molecular flexibility index (Phi) is 5.22. The maximum absolute atomic E-state index is 11.8. The number of rotatable bonds is 5. The summed E-state index contributed by atoms with van der Waals surface area (Å²) in [5.41, 5.74) is 0. The van der Waals surface area contributed by atoms with Crippen LogP contribution in [0.5, 0.6) is 0 Å². The molecule has 0 saturated carbocycles. The van der Waals surface area contributed by atoms with Crippen molar-refractivity contribution in [1.29, 1.82) is 0 Å². The van der Waals surface area contributed by atoms with Crippen molar-refractivity contribution in [3.05, 3.63) is 0 Å². The van der Waals surface area contributed by atoms with Crippen LogP contribution in [0.4, 0.5) is 0 Å². The Balaban J connectivity index is 2.59. The van der Waals surface area contributed by atoms with E-state index in [2.05, 4.69) is 16.7 Å². The number of carbonyl (C=O) groups is 1. The van der Waals surface area contributed by atoms with Gasteiger partial charge in [0.2, 0.25) is 0 Å². The lowest BCUT2D eigenvalue weighted by molar-refractivity contribution is -0.147. The Morgan fingerprint density at radius 3 is 2.69 bits per heavy atom. The molecule has 0 aliphatic carbocycles. The van der Waals surface area contributed by atoms with Gasteiger partial charge in [0.1, 0.15) is 0 Å². The van der Waals surface area contributed by atoms with Crippen LogP contribution < -0.4 is 0 Å². The highest BCUT2D eigenvalue weighted by atomic mass is 16.5. The zero-order valence-corrected chi connectivity index (χ0v) is 10.9. The Bertz CT molecular complexity index is 231. The molecular weight excluding hydrogens is 204 g/mol. The van der Waals surface area contributed by atoms with Gasteiger partial charge in [0.05, 0.1) is 13.0 Å². The average molecular weight is 228 g/mol. The Morgan fingerprint density at radius 1 is 1.56 bits per heavy atom. The summed E-state index contributed by atoms with van der Waals surface area (Å²) >= 11 is 0. The molecular formula is C12H24N2O2. The first-order chi connectivity index (χ1) is 7.58. The molecule has 0 aromatic rings. The first kappa shape index (κ1) is 13.5. The van der Waals surface area contributed by atoms with Crippen molar-refractivity contribution in [3.8, 4) is 0 Å². The quantitative estimate of drug-likeness (QED) is 0.648. The summed E-state index contributed by atoms with van der Waals surface area (Å²) in [6.45, 7) is 6.18. The fourth-order valence-electron chi connectivity index (χ4n) is 2.44. The predicted molar refractivity (Wildman–Crippen MR) is 64.3 cm³/mol. The highest BCUT2D eigenvalue weighted by Gasteiger charge is 2.34. The summed E-state index contributed by atoms with van der Waals surface area (Å²) in [7, 11) is 5.49. The normalized spacial score (nSPS) is 23.7. The van der Waals surface area contributed by atoms with Crippen molar-refractivity contribution >= 4 is 5.97 Å². The summed E-state index contributed by atoms with van der Waals surface area (Å²) < 4.78 is 4.91. The zero-order valence-electron chi connectivity index (χ0n) is 10.9. The number of ether oxygens (including phenoxy) is 1. The molecule has 0 N–H and O–H groups in total. The fourth-order valence-corrected chi connectivity index (χ4v) is 2.44. The summed E-state index contributed by atoms with van der Waals surface area (Å²) in [5, 5.41) is 0. The maximum Gasteiger partial charge on any atom is 0.310 e. The van der Waals surface area contributed by atoms with E-state index in [-0.39, 0.29) is 11.9 Å². The summed E-state index contributed by atoms with van der Waals surface area (Å²) in [6.07, 6.45) is 1.11. The standard InChI is InChI=1S/C12H24N2O2/c1-5-14-7-6-10(8-14)11(9-13(2)3)12(15)16-4/h10-11H,5-9H2,1-4H3. The number of hydrogen-bond donors (Lipinski definition) is 0. The van der Waals surface area contributed by atoms with Crippen LogP contribution in [0.2, 0.25) is 0 Å². The number of nitrogens with zero attached hydrogens (tertiary/aromatic N) is 2. The van der Waals surface area contributed by atoms with E-state index in [1.807, 2.05) is 14.1 Å². The van der Waals surface area contributed by atoms with Crippen molar-refractivity contribution in [2.24, 2.45) is 11.8 Å². The molecule has 1 aliphatic rings. The number of likely N-dealkylation sites (tertiary alicyclic amines) is 1. The highest BCUT2D eigenvalue weighted by molar-refractivity contribution is 5.73. The van der Waals surface area contributed by atoms with E-state index in [1.165, 1.54) is 7.11 Å². The first-order valence-electron chi connectivity index (χ1n) is 6.03. The highest BCUT2D eigenvalue weighted by Crippen LogP contribution is 2.25. The molecule has 4 heteroatoms. The summed E-state index contributed by atoms with van der Waals surface area (Å²) in [5.74, 6) is 0.419. The second-order valence-electron chi connectivity index (χ2n) is 4.83. The van der Waals surface area contributed by atoms with Gasteiger partial charge in [0.25, 0.3) is 0 Å². The van der Waals surface area contributed by atoms with Gasteiger partial charge in [-0.1, -0.05) is 6.92 Å². The van der Waals surface area contributed by atoms with Gasteiger partial charge in [-0.2, -0.15) is 0 Å². The van der Waals surface area contributed by atoms with Crippen molar-refractivity contribution < 1.29 is 9.53 Å². The van der Waals surface area contributed by atoms with E-state index in [1.54, 1.807) is 0 Å². The van der Waals surface area contributed by atoms with Crippen LogP contribution in [0.1, 0.15) is 13.3 Å². The third-order valence-electron chi connectivity index (χ3n) is 3.39. The van der Waals surface area contributed by atoms with Crippen LogP contribution in [0.3, 0.4) is 0 Å². The minimum Gasteiger partial charge on any atom is -0.469 e. The fraction of sp³-hybridized carbons (Fsp3) is 0.917. The molecule has 0 bridgehead atoms. The average Bonchev–Trinajstić information content (AvgIpc) is 2.72. The topological polar surface area (TPSA) is 32.8 Å². The van der Waals surface area contributed by atoms with Gasteiger partial charge in [-0.05, 0) is 39.5 Å². The molecule has 1 saturated heterocycles. The molecule has 2 atom stereocenters. The van der Waals surface area contributed by atoms with Crippen LogP contribution >= 0.6 is 0 Å². The molecule has 2 unspecified atom stereocenters.